The Morgan fingerprint density at radius 3 is 2.41 bits per heavy atom. The molecule has 4 rings (SSSR count). The number of unbranched alkanes of at least 4 members (excludes halogenated alkanes) is 1. The lowest BCUT2D eigenvalue weighted by atomic mass is 10.1. The highest BCUT2D eigenvalue weighted by atomic mass is 79.9. The summed E-state index contributed by atoms with van der Waals surface area (Å²) in [5.41, 5.74) is 2.20. The minimum Gasteiger partial charge on any atom is -0.370 e. The molecule has 0 fully saturated rings. The van der Waals surface area contributed by atoms with Gasteiger partial charge >= 0.3 is 0 Å². The zero-order valence-corrected chi connectivity index (χ0v) is 22.3. The van der Waals surface area contributed by atoms with Crippen molar-refractivity contribution in [2.45, 2.75) is 17.7 Å². The molecule has 0 spiro atoms. The normalized spacial score (nSPS) is 11.8. The van der Waals surface area contributed by atoms with Gasteiger partial charge in [-0.2, -0.15) is 9.61 Å². The van der Waals surface area contributed by atoms with Gasteiger partial charge < -0.3 is 5.32 Å². The number of nitrogens with one attached hydrogen (secondary N) is 2. The summed E-state index contributed by atoms with van der Waals surface area (Å²) in [5.74, 6) is 0.750. The minimum absolute atomic E-state index is 0.0404. The molecule has 0 aliphatic heterocycles. The molecule has 0 saturated carbocycles. The van der Waals surface area contributed by atoms with Crippen molar-refractivity contribution in [1.29, 1.82) is 0 Å². The van der Waals surface area contributed by atoms with Crippen LogP contribution in [0.5, 0.6) is 0 Å². The molecule has 0 aliphatic rings. The summed E-state index contributed by atoms with van der Waals surface area (Å²) in [6, 6.07) is 13.6. The molecule has 0 saturated heterocycles. The maximum atomic E-state index is 12.5. The summed E-state index contributed by atoms with van der Waals surface area (Å²) in [6.45, 7) is 0.876. The van der Waals surface area contributed by atoms with Crippen LogP contribution in [0.15, 0.2) is 64.1 Å². The second-order valence-corrected chi connectivity index (χ2v) is 11.3. The highest BCUT2D eigenvalue weighted by molar-refractivity contribution is 9.10. The molecule has 0 unspecified atom stereocenters. The lowest BCUT2D eigenvalue weighted by molar-refractivity contribution is 0.577. The number of fused-ring (bicyclic) bond motifs is 1. The summed E-state index contributed by atoms with van der Waals surface area (Å²) in [7, 11) is -3.69. The van der Waals surface area contributed by atoms with Crippen LogP contribution in [-0.2, 0) is 10.0 Å². The number of halogens is 4. The van der Waals surface area contributed by atoms with Crippen molar-refractivity contribution in [2.75, 3.05) is 18.4 Å². The van der Waals surface area contributed by atoms with Crippen molar-refractivity contribution in [2.24, 2.45) is 0 Å². The van der Waals surface area contributed by atoms with Crippen LogP contribution in [0, 0.1) is 0 Å². The van der Waals surface area contributed by atoms with Crippen LogP contribution in [0.3, 0.4) is 0 Å². The molecule has 2 heterocycles. The van der Waals surface area contributed by atoms with Gasteiger partial charge in [0.05, 0.1) is 21.3 Å². The van der Waals surface area contributed by atoms with E-state index in [0.29, 0.717) is 30.1 Å². The molecule has 0 atom stereocenters. The Morgan fingerprint density at radius 1 is 0.971 bits per heavy atom. The first-order valence-corrected chi connectivity index (χ1v) is 13.6. The topological polar surface area (TPSA) is 88.4 Å². The fraction of sp³-hybridized carbons (Fsp3) is 0.182. The van der Waals surface area contributed by atoms with Gasteiger partial charge in [-0.05, 0) is 53.0 Å². The van der Waals surface area contributed by atoms with Crippen LogP contribution in [0.4, 0.5) is 5.82 Å². The number of nitrogens with zero attached hydrogens (tertiary/aromatic N) is 3. The number of aromatic nitrogens is 3. The number of benzene rings is 2. The van der Waals surface area contributed by atoms with E-state index in [4.69, 9.17) is 34.8 Å². The molecule has 7 nitrogen and oxygen atoms in total. The fourth-order valence-electron chi connectivity index (χ4n) is 3.31. The Kier molecular flexibility index (Phi) is 8.01. The van der Waals surface area contributed by atoms with E-state index in [0.717, 1.165) is 21.5 Å². The maximum Gasteiger partial charge on any atom is 0.240 e. The van der Waals surface area contributed by atoms with Crippen LogP contribution in [-0.4, -0.2) is 36.1 Å². The number of hydrogen-bond acceptors (Lipinski definition) is 5. The molecule has 34 heavy (non-hydrogen) atoms. The van der Waals surface area contributed by atoms with Gasteiger partial charge in [0.25, 0.3) is 0 Å². The third kappa shape index (κ3) is 5.84. The van der Waals surface area contributed by atoms with Gasteiger partial charge in [0.15, 0.2) is 5.65 Å². The summed E-state index contributed by atoms with van der Waals surface area (Å²) in [6.07, 6.45) is 3.02. The monoisotopic (exact) mass is 601 g/mol. The predicted octanol–water partition coefficient (Wildman–Crippen LogP) is 6.29. The SMILES string of the molecule is O=S(=O)(NCCCCNc1cc(-c2ccccc2Cl)nc2c(Br)cnn12)c1cc(Cl)cc(Cl)c1. The lowest BCUT2D eigenvalue weighted by Crippen LogP contribution is -2.25. The van der Waals surface area contributed by atoms with Gasteiger partial charge in [-0.25, -0.2) is 18.1 Å². The third-order valence-electron chi connectivity index (χ3n) is 4.93. The zero-order valence-electron chi connectivity index (χ0n) is 17.6. The van der Waals surface area contributed by atoms with Crippen molar-refractivity contribution in [1.82, 2.24) is 19.3 Å². The quantitative estimate of drug-likeness (QED) is 0.220. The molecule has 12 heteroatoms. The molecule has 0 amide bonds. The summed E-state index contributed by atoms with van der Waals surface area (Å²) in [4.78, 5) is 4.73. The van der Waals surface area contributed by atoms with Gasteiger partial charge in [0, 0.05) is 39.8 Å². The van der Waals surface area contributed by atoms with Crippen LogP contribution in [0.1, 0.15) is 12.8 Å². The zero-order chi connectivity index (χ0) is 24.3. The van der Waals surface area contributed by atoms with Crippen molar-refractivity contribution in [3.05, 3.63) is 74.3 Å². The summed E-state index contributed by atoms with van der Waals surface area (Å²) >= 11 is 21.7. The van der Waals surface area contributed by atoms with E-state index in [9.17, 15) is 8.42 Å². The van der Waals surface area contributed by atoms with E-state index in [1.165, 1.54) is 18.2 Å². The summed E-state index contributed by atoms with van der Waals surface area (Å²) in [5, 5.41) is 8.87. The fourth-order valence-corrected chi connectivity index (χ4v) is 5.69. The van der Waals surface area contributed by atoms with Crippen molar-refractivity contribution in [3.63, 3.8) is 0 Å². The Balaban J connectivity index is 1.39. The van der Waals surface area contributed by atoms with E-state index in [-0.39, 0.29) is 21.5 Å². The van der Waals surface area contributed by atoms with Gasteiger partial charge in [-0.15, -0.1) is 0 Å². The van der Waals surface area contributed by atoms with Crippen molar-refractivity contribution in [3.8, 4) is 11.3 Å². The van der Waals surface area contributed by atoms with Crippen molar-refractivity contribution >= 4 is 72.2 Å². The highest BCUT2D eigenvalue weighted by Crippen LogP contribution is 2.30. The largest absolute Gasteiger partial charge is 0.370 e. The molecular weight excluding hydrogens is 585 g/mol. The van der Waals surface area contributed by atoms with Crippen LogP contribution >= 0.6 is 50.7 Å². The van der Waals surface area contributed by atoms with Gasteiger partial charge in [0.2, 0.25) is 10.0 Å². The van der Waals surface area contributed by atoms with Gasteiger partial charge in [-0.3, -0.25) is 0 Å². The summed E-state index contributed by atoms with van der Waals surface area (Å²) < 4.78 is 30.0. The van der Waals surface area contributed by atoms with E-state index in [1.54, 1.807) is 10.7 Å². The molecular formula is C22H19BrCl3N5O2S. The molecule has 0 bridgehead atoms. The smallest absolute Gasteiger partial charge is 0.240 e. The molecule has 2 aromatic heterocycles. The molecule has 0 radical (unpaired) electrons. The number of sulfonamides is 1. The minimum atomic E-state index is -3.69. The molecule has 0 aliphatic carbocycles. The van der Waals surface area contributed by atoms with E-state index < -0.39 is 10.0 Å². The van der Waals surface area contributed by atoms with Crippen LogP contribution in [0.25, 0.3) is 16.9 Å². The standard InChI is InChI=1S/C22H19BrCl3N5O2S/c23-18-13-28-31-21(12-20(30-22(18)31)17-5-1-2-6-19(17)26)27-7-3-4-8-29-34(32,33)16-10-14(24)9-15(25)11-16/h1-2,5-6,9-13,27,29H,3-4,7-8H2. The van der Waals surface area contributed by atoms with Crippen LogP contribution < -0.4 is 10.0 Å². The lowest BCUT2D eigenvalue weighted by Gasteiger charge is -2.12. The average molecular weight is 604 g/mol. The molecule has 4 aromatic rings. The molecule has 178 valence electrons. The predicted molar refractivity (Wildman–Crippen MR) is 141 cm³/mol. The first-order chi connectivity index (χ1) is 16.2. The average Bonchev–Trinajstić information content (AvgIpc) is 3.16. The Morgan fingerprint density at radius 2 is 1.68 bits per heavy atom. The number of anilines is 1. The molecule has 2 aromatic carbocycles. The second kappa shape index (κ2) is 10.8. The number of rotatable bonds is 9. The first kappa shape index (κ1) is 25.2. The molecule has 2 N–H and O–H groups in total. The number of hydrogen-bond donors (Lipinski definition) is 2. The van der Waals surface area contributed by atoms with Gasteiger partial charge in [0.1, 0.15) is 5.82 Å². The van der Waals surface area contributed by atoms with Crippen LogP contribution in [0.2, 0.25) is 15.1 Å². The van der Waals surface area contributed by atoms with E-state index >= 15 is 0 Å². The second-order valence-electron chi connectivity index (χ2n) is 7.37. The van der Waals surface area contributed by atoms with E-state index in [2.05, 4.69) is 36.1 Å². The van der Waals surface area contributed by atoms with Gasteiger partial charge in [-0.1, -0.05) is 53.0 Å². The Labute approximate surface area is 220 Å². The maximum absolute atomic E-state index is 12.5. The van der Waals surface area contributed by atoms with E-state index in [1.807, 2.05) is 30.3 Å². The highest BCUT2D eigenvalue weighted by Gasteiger charge is 2.15. The Hall–Kier alpha value is -1.88. The first-order valence-electron chi connectivity index (χ1n) is 10.2. The Bertz CT molecular complexity index is 1430. The third-order valence-corrected chi connectivity index (χ3v) is 7.69. The van der Waals surface area contributed by atoms with Crippen molar-refractivity contribution < 1.29 is 8.42 Å².